The summed E-state index contributed by atoms with van der Waals surface area (Å²) in [6.45, 7) is 4.08. The molecule has 6 heteroatoms. The van der Waals surface area contributed by atoms with E-state index < -0.39 is 6.10 Å². The topological polar surface area (TPSA) is 85.7 Å². The summed E-state index contributed by atoms with van der Waals surface area (Å²) in [5.41, 5.74) is 2.31. The summed E-state index contributed by atoms with van der Waals surface area (Å²) in [6.07, 6.45) is 5.83. The molecule has 1 aliphatic heterocycles. The van der Waals surface area contributed by atoms with Gasteiger partial charge in [0.15, 0.2) is 0 Å². The highest BCUT2D eigenvalue weighted by atomic mass is 16.3. The van der Waals surface area contributed by atoms with Crippen molar-refractivity contribution in [1.82, 2.24) is 15.2 Å². The number of aliphatic hydroxyl groups is 2. The number of piperidine rings is 1. The molecule has 4 rings (SSSR count). The molecule has 32 heavy (non-hydrogen) atoms. The Morgan fingerprint density at radius 3 is 2.50 bits per heavy atom. The summed E-state index contributed by atoms with van der Waals surface area (Å²) >= 11 is 0. The molecule has 1 saturated heterocycles. The molecule has 0 spiro atoms. The standard InChI is InChI=1S/C26H35N3O3/c1-19-6-5-15-27-24(19)25(32)28-18-26(20-7-3-2-4-8-20)13-9-22(23(31)10-14-26)29-16-11-21(30)12-17-29/h2-8,15,21-23,30-31H,9-14,16-18H2,1H3,(H,28,32)/t22-,23-,26-/m0/s1. The summed E-state index contributed by atoms with van der Waals surface area (Å²) in [4.78, 5) is 19.5. The van der Waals surface area contributed by atoms with Crippen molar-refractivity contribution in [2.45, 2.75) is 69.1 Å². The largest absolute Gasteiger partial charge is 0.393 e. The van der Waals surface area contributed by atoms with E-state index in [9.17, 15) is 15.0 Å². The van der Waals surface area contributed by atoms with Gasteiger partial charge >= 0.3 is 0 Å². The number of rotatable bonds is 5. The van der Waals surface area contributed by atoms with Crippen LogP contribution in [0.15, 0.2) is 48.7 Å². The average Bonchev–Trinajstić information content (AvgIpc) is 2.99. The Balaban J connectivity index is 1.53. The van der Waals surface area contributed by atoms with Gasteiger partial charge in [-0.3, -0.25) is 14.7 Å². The molecule has 2 aromatic rings. The lowest BCUT2D eigenvalue weighted by Crippen LogP contribution is -2.48. The predicted molar refractivity (Wildman–Crippen MR) is 125 cm³/mol. The fraction of sp³-hybridized carbons (Fsp3) is 0.538. The molecule has 2 heterocycles. The van der Waals surface area contributed by atoms with E-state index in [0.29, 0.717) is 18.7 Å². The van der Waals surface area contributed by atoms with Crippen molar-refractivity contribution in [1.29, 1.82) is 0 Å². The molecule has 6 nitrogen and oxygen atoms in total. The Labute approximate surface area is 190 Å². The SMILES string of the molecule is Cc1cccnc1C(=O)NC[C@@]1(c2ccccc2)CC[C@H](O)[C@@H](N2CCC(O)CC2)CC1. The van der Waals surface area contributed by atoms with Crippen LogP contribution in [-0.4, -0.2) is 63.9 Å². The summed E-state index contributed by atoms with van der Waals surface area (Å²) in [5, 5.41) is 24.1. The zero-order chi connectivity index (χ0) is 22.6. The molecule has 0 unspecified atom stereocenters. The number of nitrogens with zero attached hydrogens (tertiary/aromatic N) is 2. The number of carbonyl (C=O) groups is 1. The first-order valence-electron chi connectivity index (χ1n) is 11.8. The van der Waals surface area contributed by atoms with Crippen molar-refractivity contribution in [2.75, 3.05) is 19.6 Å². The number of hydrogen-bond donors (Lipinski definition) is 3. The molecule has 2 fully saturated rings. The van der Waals surface area contributed by atoms with Crippen LogP contribution in [0, 0.1) is 6.92 Å². The zero-order valence-electron chi connectivity index (χ0n) is 18.9. The molecule has 1 saturated carbocycles. The minimum atomic E-state index is -0.399. The molecule has 1 aliphatic carbocycles. The maximum atomic E-state index is 12.9. The van der Waals surface area contributed by atoms with Crippen LogP contribution in [-0.2, 0) is 5.41 Å². The maximum absolute atomic E-state index is 12.9. The van der Waals surface area contributed by atoms with E-state index in [1.807, 2.05) is 37.3 Å². The molecule has 0 radical (unpaired) electrons. The van der Waals surface area contributed by atoms with Crippen LogP contribution in [0.1, 0.15) is 60.1 Å². The highest BCUT2D eigenvalue weighted by Gasteiger charge is 2.40. The molecule has 1 aromatic heterocycles. The lowest BCUT2D eigenvalue weighted by Gasteiger charge is -2.38. The third kappa shape index (κ3) is 5.03. The van der Waals surface area contributed by atoms with E-state index in [1.54, 1.807) is 6.20 Å². The van der Waals surface area contributed by atoms with Crippen molar-refractivity contribution in [3.63, 3.8) is 0 Å². The van der Waals surface area contributed by atoms with Crippen molar-refractivity contribution in [2.24, 2.45) is 0 Å². The number of amides is 1. The van der Waals surface area contributed by atoms with Gasteiger partial charge < -0.3 is 15.5 Å². The van der Waals surface area contributed by atoms with Crippen LogP contribution in [0.4, 0.5) is 0 Å². The van der Waals surface area contributed by atoms with Crippen LogP contribution in [0.3, 0.4) is 0 Å². The first-order chi connectivity index (χ1) is 15.5. The number of aromatic nitrogens is 1. The molecule has 172 valence electrons. The summed E-state index contributed by atoms with van der Waals surface area (Å²) in [6, 6.07) is 14.2. The van der Waals surface area contributed by atoms with Gasteiger partial charge in [-0.1, -0.05) is 36.4 Å². The van der Waals surface area contributed by atoms with Crippen LogP contribution < -0.4 is 5.32 Å². The van der Waals surface area contributed by atoms with Crippen LogP contribution in [0.5, 0.6) is 0 Å². The third-order valence-electron chi connectivity index (χ3n) is 7.45. The lowest BCUT2D eigenvalue weighted by molar-refractivity contribution is 0.00482. The molecule has 0 bridgehead atoms. The normalized spacial score (nSPS) is 27.6. The third-order valence-corrected chi connectivity index (χ3v) is 7.45. The van der Waals surface area contributed by atoms with E-state index in [4.69, 9.17) is 0 Å². The molecule has 3 N–H and O–H groups in total. The van der Waals surface area contributed by atoms with Gasteiger partial charge in [0.25, 0.3) is 5.91 Å². The molecular weight excluding hydrogens is 402 g/mol. The van der Waals surface area contributed by atoms with Gasteiger partial charge in [-0.15, -0.1) is 0 Å². The molecule has 2 aliphatic rings. The van der Waals surface area contributed by atoms with Gasteiger partial charge in [-0.05, 0) is 62.6 Å². The van der Waals surface area contributed by atoms with Gasteiger partial charge in [0, 0.05) is 37.3 Å². The highest BCUT2D eigenvalue weighted by Crippen LogP contribution is 2.39. The van der Waals surface area contributed by atoms with Gasteiger partial charge in [0.1, 0.15) is 5.69 Å². The Morgan fingerprint density at radius 1 is 1.06 bits per heavy atom. The second kappa shape index (κ2) is 10.1. The van der Waals surface area contributed by atoms with E-state index in [0.717, 1.165) is 50.8 Å². The molecule has 3 atom stereocenters. The maximum Gasteiger partial charge on any atom is 0.270 e. The lowest BCUT2D eigenvalue weighted by atomic mass is 9.74. The Bertz CT molecular complexity index is 898. The first kappa shape index (κ1) is 22.9. The van der Waals surface area contributed by atoms with Crippen molar-refractivity contribution >= 4 is 5.91 Å². The monoisotopic (exact) mass is 437 g/mol. The van der Waals surface area contributed by atoms with Crippen molar-refractivity contribution in [3.8, 4) is 0 Å². The summed E-state index contributed by atoms with van der Waals surface area (Å²) < 4.78 is 0. The van der Waals surface area contributed by atoms with Crippen molar-refractivity contribution < 1.29 is 15.0 Å². The number of carbonyl (C=O) groups excluding carboxylic acids is 1. The smallest absolute Gasteiger partial charge is 0.270 e. The number of nitrogens with one attached hydrogen (secondary N) is 1. The number of aliphatic hydroxyl groups excluding tert-OH is 2. The number of benzene rings is 1. The van der Waals surface area contributed by atoms with E-state index >= 15 is 0 Å². The van der Waals surface area contributed by atoms with Gasteiger partial charge in [-0.25, -0.2) is 0 Å². The van der Waals surface area contributed by atoms with Gasteiger partial charge in [0.2, 0.25) is 0 Å². The fourth-order valence-electron chi connectivity index (χ4n) is 5.42. The Morgan fingerprint density at radius 2 is 1.78 bits per heavy atom. The van der Waals surface area contributed by atoms with E-state index in [1.165, 1.54) is 5.56 Å². The van der Waals surface area contributed by atoms with Gasteiger partial charge in [-0.2, -0.15) is 0 Å². The minimum absolute atomic E-state index is 0.0989. The first-order valence-corrected chi connectivity index (χ1v) is 11.8. The van der Waals surface area contributed by atoms with Gasteiger partial charge in [0.05, 0.1) is 12.2 Å². The van der Waals surface area contributed by atoms with Crippen LogP contribution in [0.25, 0.3) is 0 Å². The fourth-order valence-corrected chi connectivity index (χ4v) is 5.42. The van der Waals surface area contributed by atoms with E-state index in [-0.39, 0.29) is 23.5 Å². The Hall–Kier alpha value is -2.28. The number of pyridine rings is 1. The van der Waals surface area contributed by atoms with Crippen molar-refractivity contribution in [3.05, 3.63) is 65.5 Å². The Kier molecular flexibility index (Phi) is 7.23. The minimum Gasteiger partial charge on any atom is -0.393 e. The highest BCUT2D eigenvalue weighted by molar-refractivity contribution is 5.93. The van der Waals surface area contributed by atoms with E-state index in [2.05, 4.69) is 27.3 Å². The van der Waals surface area contributed by atoms with Crippen LogP contribution in [0.2, 0.25) is 0 Å². The molecular formula is C26H35N3O3. The van der Waals surface area contributed by atoms with Crippen LogP contribution >= 0.6 is 0 Å². The second-order valence-corrected chi connectivity index (χ2v) is 9.48. The average molecular weight is 438 g/mol. The quantitative estimate of drug-likeness (QED) is 0.627. The zero-order valence-corrected chi connectivity index (χ0v) is 18.9. The number of hydrogen-bond acceptors (Lipinski definition) is 5. The molecule has 1 amide bonds. The number of likely N-dealkylation sites (tertiary alicyclic amines) is 1. The molecule has 1 aromatic carbocycles. The predicted octanol–water partition coefficient (Wildman–Crippen LogP) is 2.82. The summed E-state index contributed by atoms with van der Waals surface area (Å²) in [5.74, 6) is -0.148. The summed E-state index contributed by atoms with van der Waals surface area (Å²) in [7, 11) is 0. The number of aryl methyl sites for hydroxylation is 1. The second-order valence-electron chi connectivity index (χ2n) is 9.48.